The third kappa shape index (κ3) is 3.24. The largest absolute Gasteiger partial charge is 0.467 e. The number of hydrogen-bond donors (Lipinski definition) is 2. The predicted molar refractivity (Wildman–Crippen MR) is 56.1 cm³/mol. The van der Waals surface area contributed by atoms with Gasteiger partial charge < -0.3 is 20.9 Å². The van der Waals surface area contributed by atoms with Crippen molar-refractivity contribution in [2.75, 3.05) is 26.2 Å². The van der Waals surface area contributed by atoms with Gasteiger partial charge in [-0.3, -0.25) is 0 Å². The smallest absolute Gasteiger partial charge is 0.188 e. The maximum Gasteiger partial charge on any atom is 0.188 e. The van der Waals surface area contributed by atoms with Crippen molar-refractivity contribution >= 4 is 5.69 Å². The fourth-order valence-corrected chi connectivity index (χ4v) is 1.21. The van der Waals surface area contributed by atoms with Gasteiger partial charge >= 0.3 is 0 Å². The molecule has 4 N–H and O–H groups in total. The molecule has 0 unspecified atom stereocenters. The molecule has 0 spiro atoms. The van der Waals surface area contributed by atoms with E-state index in [4.69, 9.17) is 20.9 Å². The van der Waals surface area contributed by atoms with Gasteiger partial charge in [0.05, 0.1) is 0 Å². The van der Waals surface area contributed by atoms with Crippen molar-refractivity contribution in [3.05, 3.63) is 23.8 Å². The van der Waals surface area contributed by atoms with Crippen LogP contribution in [0.2, 0.25) is 0 Å². The van der Waals surface area contributed by atoms with E-state index in [2.05, 4.69) is 0 Å². The minimum Gasteiger partial charge on any atom is -0.467 e. The first-order chi connectivity index (χ1) is 6.76. The van der Waals surface area contributed by atoms with Gasteiger partial charge in [-0.2, -0.15) is 0 Å². The highest BCUT2D eigenvalue weighted by molar-refractivity contribution is 5.47. The molecule has 0 saturated carbocycles. The molecule has 1 aromatic rings. The molecule has 4 heteroatoms. The Kier molecular flexibility index (Phi) is 4.22. The molecule has 0 amide bonds. The zero-order valence-electron chi connectivity index (χ0n) is 8.32. The number of ether oxygens (including phenoxy) is 2. The maximum absolute atomic E-state index is 5.70. The van der Waals surface area contributed by atoms with E-state index in [1.807, 2.05) is 12.1 Å². The molecular formula is C10H16N2O2. The molecule has 0 aliphatic rings. The topological polar surface area (TPSA) is 70.5 Å². The van der Waals surface area contributed by atoms with Gasteiger partial charge in [0.25, 0.3) is 0 Å². The molecule has 14 heavy (non-hydrogen) atoms. The average Bonchev–Trinajstić information content (AvgIpc) is 2.14. The van der Waals surface area contributed by atoms with Gasteiger partial charge in [0.1, 0.15) is 5.75 Å². The SMILES string of the molecule is COCOc1cc(N)cc(CCN)c1. The second-order valence-corrected chi connectivity index (χ2v) is 3.00. The Labute approximate surface area is 83.8 Å². The Morgan fingerprint density at radius 2 is 2.07 bits per heavy atom. The molecular weight excluding hydrogens is 180 g/mol. The molecule has 0 heterocycles. The molecule has 0 aliphatic heterocycles. The number of nitrogens with two attached hydrogens (primary N) is 2. The lowest BCUT2D eigenvalue weighted by Crippen LogP contribution is -2.04. The van der Waals surface area contributed by atoms with Gasteiger partial charge in [-0.15, -0.1) is 0 Å². The van der Waals surface area contributed by atoms with Crippen LogP contribution >= 0.6 is 0 Å². The highest BCUT2D eigenvalue weighted by Crippen LogP contribution is 2.19. The summed E-state index contributed by atoms with van der Waals surface area (Å²) >= 11 is 0. The summed E-state index contributed by atoms with van der Waals surface area (Å²) < 4.78 is 10.1. The van der Waals surface area contributed by atoms with Crippen molar-refractivity contribution in [1.29, 1.82) is 0 Å². The van der Waals surface area contributed by atoms with Crippen LogP contribution in [0.25, 0.3) is 0 Å². The molecule has 4 nitrogen and oxygen atoms in total. The van der Waals surface area contributed by atoms with Gasteiger partial charge in [-0.1, -0.05) is 0 Å². The summed E-state index contributed by atoms with van der Waals surface area (Å²) in [6, 6.07) is 5.58. The van der Waals surface area contributed by atoms with Crippen LogP contribution in [0.15, 0.2) is 18.2 Å². The number of rotatable bonds is 5. The van der Waals surface area contributed by atoms with Crippen LogP contribution in [0.5, 0.6) is 5.75 Å². The summed E-state index contributed by atoms with van der Waals surface area (Å²) in [6.07, 6.45) is 0.800. The third-order valence-corrected chi connectivity index (χ3v) is 1.77. The zero-order chi connectivity index (χ0) is 10.4. The first-order valence-electron chi connectivity index (χ1n) is 4.47. The van der Waals surface area contributed by atoms with Crippen molar-refractivity contribution in [3.8, 4) is 5.75 Å². The predicted octanol–water partition coefficient (Wildman–Crippen LogP) is 0.753. The number of benzene rings is 1. The molecule has 0 aliphatic carbocycles. The molecule has 0 fully saturated rings. The van der Waals surface area contributed by atoms with Crippen LogP contribution in [0.3, 0.4) is 0 Å². The van der Waals surface area contributed by atoms with Crippen LogP contribution in [-0.4, -0.2) is 20.4 Å². The van der Waals surface area contributed by atoms with Gasteiger partial charge in [-0.05, 0) is 30.7 Å². The van der Waals surface area contributed by atoms with Crippen LogP contribution in [-0.2, 0) is 11.2 Å². The molecule has 1 aromatic carbocycles. The molecule has 0 radical (unpaired) electrons. The summed E-state index contributed by atoms with van der Waals surface area (Å²) in [5.41, 5.74) is 12.9. The van der Waals surface area contributed by atoms with E-state index in [1.54, 1.807) is 13.2 Å². The highest BCUT2D eigenvalue weighted by Gasteiger charge is 1.99. The first kappa shape index (κ1) is 10.8. The molecule has 0 saturated heterocycles. The highest BCUT2D eigenvalue weighted by atomic mass is 16.7. The third-order valence-electron chi connectivity index (χ3n) is 1.77. The van der Waals surface area contributed by atoms with Gasteiger partial charge in [0, 0.05) is 18.9 Å². The standard InChI is InChI=1S/C10H16N2O2/c1-13-7-14-10-5-8(2-3-11)4-9(12)6-10/h4-6H,2-3,7,11-12H2,1H3. The van der Waals surface area contributed by atoms with Crippen LogP contribution in [0, 0.1) is 0 Å². The molecule has 78 valence electrons. The lowest BCUT2D eigenvalue weighted by molar-refractivity contribution is 0.0511. The summed E-state index contributed by atoms with van der Waals surface area (Å²) in [4.78, 5) is 0. The van der Waals surface area contributed by atoms with Crippen LogP contribution in [0.1, 0.15) is 5.56 Å². The molecule has 0 atom stereocenters. The number of nitrogen functional groups attached to an aromatic ring is 1. The normalized spacial score (nSPS) is 10.1. The van der Waals surface area contributed by atoms with Crippen molar-refractivity contribution in [1.82, 2.24) is 0 Å². The second kappa shape index (κ2) is 5.47. The monoisotopic (exact) mass is 196 g/mol. The van der Waals surface area contributed by atoms with Gasteiger partial charge in [0.2, 0.25) is 0 Å². The Bertz CT molecular complexity index is 289. The maximum atomic E-state index is 5.70. The summed E-state index contributed by atoms with van der Waals surface area (Å²) in [7, 11) is 1.58. The fraction of sp³-hybridized carbons (Fsp3) is 0.400. The van der Waals surface area contributed by atoms with Crippen LogP contribution in [0.4, 0.5) is 5.69 Å². The minimum atomic E-state index is 0.228. The minimum absolute atomic E-state index is 0.228. The van der Waals surface area contributed by atoms with Crippen molar-refractivity contribution in [2.45, 2.75) is 6.42 Å². The fourth-order valence-electron chi connectivity index (χ4n) is 1.21. The van der Waals surface area contributed by atoms with E-state index >= 15 is 0 Å². The van der Waals surface area contributed by atoms with Crippen LogP contribution < -0.4 is 16.2 Å². The van der Waals surface area contributed by atoms with E-state index in [-0.39, 0.29) is 6.79 Å². The Morgan fingerprint density at radius 3 is 2.71 bits per heavy atom. The average molecular weight is 196 g/mol. The summed E-state index contributed by atoms with van der Waals surface area (Å²) in [5.74, 6) is 0.718. The second-order valence-electron chi connectivity index (χ2n) is 3.00. The molecule has 1 rings (SSSR count). The van der Waals surface area contributed by atoms with E-state index in [9.17, 15) is 0 Å². The van der Waals surface area contributed by atoms with Gasteiger partial charge in [-0.25, -0.2) is 0 Å². The Morgan fingerprint density at radius 1 is 1.29 bits per heavy atom. The van der Waals surface area contributed by atoms with E-state index in [0.29, 0.717) is 12.2 Å². The molecule has 0 aromatic heterocycles. The summed E-state index contributed by atoms with van der Waals surface area (Å²) in [6.45, 7) is 0.832. The van der Waals surface area contributed by atoms with Gasteiger partial charge in [0.15, 0.2) is 6.79 Å². The number of methoxy groups -OCH3 is 1. The quantitative estimate of drug-likeness (QED) is 0.538. The summed E-state index contributed by atoms with van der Waals surface area (Å²) in [5, 5.41) is 0. The van der Waals surface area contributed by atoms with Crippen molar-refractivity contribution in [2.24, 2.45) is 5.73 Å². The molecule has 0 bridgehead atoms. The lowest BCUT2D eigenvalue weighted by atomic mass is 10.1. The Balaban J connectivity index is 2.73. The zero-order valence-corrected chi connectivity index (χ0v) is 8.32. The number of anilines is 1. The van der Waals surface area contributed by atoms with E-state index in [1.165, 1.54) is 0 Å². The Hall–Kier alpha value is -1.26. The van der Waals surface area contributed by atoms with Crippen molar-refractivity contribution in [3.63, 3.8) is 0 Å². The number of hydrogen-bond acceptors (Lipinski definition) is 4. The first-order valence-corrected chi connectivity index (χ1v) is 4.47. The van der Waals surface area contributed by atoms with E-state index < -0.39 is 0 Å². The lowest BCUT2D eigenvalue weighted by Gasteiger charge is -2.08. The van der Waals surface area contributed by atoms with Crippen molar-refractivity contribution < 1.29 is 9.47 Å². The van der Waals surface area contributed by atoms with E-state index in [0.717, 1.165) is 17.7 Å².